The molecule has 19 heavy (non-hydrogen) atoms. The molecule has 2 heterocycles. The van der Waals surface area contributed by atoms with Gasteiger partial charge in [0.05, 0.1) is 19.9 Å². The monoisotopic (exact) mass is 342 g/mol. The molecule has 2 rings (SSSR count). The van der Waals surface area contributed by atoms with Crippen molar-refractivity contribution in [2.24, 2.45) is 0 Å². The molecule has 0 saturated heterocycles. The van der Waals surface area contributed by atoms with Crippen molar-refractivity contribution in [3.05, 3.63) is 38.8 Å². The third kappa shape index (κ3) is 3.46. The van der Waals surface area contributed by atoms with Crippen molar-refractivity contribution >= 4 is 27.3 Å². The maximum Gasteiger partial charge on any atom is 0.183 e. The summed E-state index contributed by atoms with van der Waals surface area (Å²) in [5, 5.41) is 5.41. The van der Waals surface area contributed by atoms with Crippen LogP contribution in [0.4, 0.5) is 0 Å². The number of pyridine rings is 1. The minimum Gasteiger partial charge on any atom is -0.493 e. The quantitative estimate of drug-likeness (QED) is 0.875. The van der Waals surface area contributed by atoms with Gasteiger partial charge in [-0.15, -0.1) is 11.3 Å². The fraction of sp³-hybridized carbons (Fsp3) is 0.308. The second-order valence-corrected chi connectivity index (χ2v) is 5.64. The van der Waals surface area contributed by atoms with E-state index >= 15 is 0 Å². The highest BCUT2D eigenvalue weighted by Crippen LogP contribution is 2.29. The Labute approximate surface area is 124 Å². The summed E-state index contributed by atoms with van der Waals surface area (Å²) in [5.41, 5.74) is 0.842. The van der Waals surface area contributed by atoms with Crippen LogP contribution in [-0.4, -0.2) is 19.2 Å². The van der Waals surface area contributed by atoms with E-state index in [9.17, 15) is 0 Å². The minimum atomic E-state index is 0.630. The molecular formula is C13H15BrN2O2S. The summed E-state index contributed by atoms with van der Waals surface area (Å²) >= 11 is 5.23. The topological polar surface area (TPSA) is 43.4 Å². The zero-order valence-electron chi connectivity index (χ0n) is 10.8. The van der Waals surface area contributed by atoms with E-state index in [4.69, 9.17) is 9.47 Å². The highest BCUT2D eigenvalue weighted by Gasteiger charge is 2.10. The van der Waals surface area contributed by atoms with E-state index in [1.165, 1.54) is 4.88 Å². The standard InChI is InChI=1S/C13H15BrN2O2S/c1-17-11-3-5-16-10(13(11)18-2)7-15-8-12-9(14)4-6-19-12/h3-6,15H,7-8H2,1-2H3. The molecule has 6 heteroatoms. The first-order valence-corrected chi connectivity index (χ1v) is 7.42. The smallest absolute Gasteiger partial charge is 0.183 e. The maximum atomic E-state index is 5.34. The Hall–Kier alpha value is -1.11. The van der Waals surface area contributed by atoms with E-state index in [1.807, 2.05) is 6.07 Å². The zero-order valence-corrected chi connectivity index (χ0v) is 13.2. The summed E-state index contributed by atoms with van der Waals surface area (Å²) in [5.74, 6) is 1.38. The lowest BCUT2D eigenvalue weighted by molar-refractivity contribution is 0.348. The van der Waals surface area contributed by atoms with Gasteiger partial charge in [-0.2, -0.15) is 0 Å². The number of halogens is 1. The van der Waals surface area contributed by atoms with Gasteiger partial charge in [-0.3, -0.25) is 4.98 Å². The first-order valence-electron chi connectivity index (χ1n) is 5.74. The van der Waals surface area contributed by atoms with Crippen LogP contribution in [0.25, 0.3) is 0 Å². The number of thiophene rings is 1. The predicted octanol–water partition coefficient (Wildman–Crippen LogP) is 3.21. The normalized spacial score (nSPS) is 10.5. The second-order valence-electron chi connectivity index (χ2n) is 3.79. The Morgan fingerprint density at radius 2 is 2.11 bits per heavy atom. The van der Waals surface area contributed by atoms with Crippen LogP contribution in [0.3, 0.4) is 0 Å². The first kappa shape index (κ1) is 14.3. The molecule has 0 radical (unpaired) electrons. The Bertz CT molecular complexity index is 545. The van der Waals surface area contributed by atoms with Crippen molar-refractivity contribution < 1.29 is 9.47 Å². The molecule has 4 nitrogen and oxygen atoms in total. The summed E-state index contributed by atoms with van der Waals surface area (Å²) in [6.07, 6.45) is 1.72. The van der Waals surface area contributed by atoms with Crippen molar-refractivity contribution in [1.82, 2.24) is 10.3 Å². The van der Waals surface area contributed by atoms with Gasteiger partial charge in [-0.25, -0.2) is 0 Å². The van der Waals surface area contributed by atoms with E-state index in [0.717, 1.165) is 16.7 Å². The van der Waals surface area contributed by atoms with E-state index in [0.29, 0.717) is 18.0 Å². The highest BCUT2D eigenvalue weighted by molar-refractivity contribution is 9.10. The number of aromatic nitrogens is 1. The number of nitrogens with one attached hydrogen (secondary N) is 1. The van der Waals surface area contributed by atoms with Crippen molar-refractivity contribution in [3.63, 3.8) is 0 Å². The molecule has 0 amide bonds. The molecule has 1 N–H and O–H groups in total. The molecule has 2 aromatic rings. The number of hydrogen-bond donors (Lipinski definition) is 1. The Kier molecular flexibility index (Phi) is 5.18. The summed E-state index contributed by atoms with van der Waals surface area (Å²) in [4.78, 5) is 5.59. The average Bonchev–Trinajstić information content (AvgIpc) is 2.84. The first-order chi connectivity index (χ1) is 9.26. The lowest BCUT2D eigenvalue weighted by Crippen LogP contribution is -2.14. The molecule has 102 valence electrons. The van der Waals surface area contributed by atoms with Crippen LogP contribution in [0.2, 0.25) is 0 Å². The lowest BCUT2D eigenvalue weighted by Gasteiger charge is -2.11. The van der Waals surface area contributed by atoms with Gasteiger partial charge in [-0.1, -0.05) is 0 Å². The SMILES string of the molecule is COc1ccnc(CNCc2sccc2Br)c1OC. The Balaban J connectivity index is 2.01. The number of hydrogen-bond acceptors (Lipinski definition) is 5. The number of methoxy groups -OCH3 is 2. The predicted molar refractivity (Wildman–Crippen MR) is 79.9 cm³/mol. The molecule has 0 fully saturated rings. The molecule has 0 aromatic carbocycles. The molecule has 0 aliphatic heterocycles. The molecule has 0 unspecified atom stereocenters. The molecule has 0 spiro atoms. The summed E-state index contributed by atoms with van der Waals surface area (Å²) in [6.45, 7) is 1.42. The maximum absolute atomic E-state index is 5.34. The number of rotatable bonds is 6. The van der Waals surface area contributed by atoms with Crippen LogP contribution in [-0.2, 0) is 13.1 Å². The average molecular weight is 343 g/mol. The van der Waals surface area contributed by atoms with Crippen LogP contribution < -0.4 is 14.8 Å². The third-order valence-electron chi connectivity index (χ3n) is 2.64. The fourth-order valence-corrected chi connectivity index (χ4v) is 3.18. The van der Waals surface area contributed by atoms with Crippen molar-refractivity contribution in [3.8, 4) is 11.5 Å². The van der Waals surface area contributed by atoms with Gasteiger partial charge in [0.1, 0.15) is 0 Å². The lowest BCUT2D eigenvalue weighted by atomic mass is 10.3. The summed E-state index contributed by atoms with van der Waals surface area (Å²) in [7, 11) is 3.25. The van der Waals surface area contributed by atoms with E-state index in [1.54, 1.807) is 37.8 Å². The van der Waals surface area contributed by atoms with Gasteiger partial charge in [-0.05, 0) is 27.4 Å². The van der Waals surface area contributed by atoms with E-state index in [-0.39, 0.29) is 0 Å². The molecule has 0 bridgehead atoms. The second kappa shape index (κ2) is 6.88. The third-order valence-corrected chi connectivity index (χ3v) is 4.56. The van der Waals surface area contributed by atoms with Gasteiger partial charge in [0.2, 0.25) is 0 Å². The Morgan fingerprint density at radius 3 is 2.74 bits per heavy atom. The summed E-state index contributed by atoms with van der Waals surface area (Å²) in [6, 6.07) is 3.84. The van der Waals surface area contributed by atoms with Crippen LogP contribution in [0.5, 0.6) is 11.5 Å². The number of ether oxygens (including phenoxy) is 2. The molecule has 0 atom stereocenters. The van der Waals surface area contributed by atoms with Gasteiger partial charge in [0.25, 0.3) is 0 Å². The molecule has 0 aliphatic rings. The van der Waals surface area contributed by atoms with Crippen LogP contribution in [0.1, 0.15) is 10.6 Å². The van der Waals surface area contributed by atoms with Gasteiger partial charge < -0.3 is 14.8 Å². The zero-order chi connectivity index (χ0) is 13.7. The van der Waals surface area contributed by atoms with E-state index < -0.39 is 0 Å². The number of nitrogens with zero attached hydrogens (tertiary/aromatic N) is 1. The molecule has 2 aromatic heterocycles. The fourth-order valence-electron chi connectivity index (χ4n) is 1.72. The van der Waals surface area contributed by atoms with Crippen LogP contribution in [0.15, 0.2) is 28.2 Å². The van der Waals surface area contributed by atoms with Gasteiger partial charge in [0, 0.05) is 34.7 Å². The van der Waals surface area contributed by atoms with Gasteiger partial charge >= 0.3 is 0 Å². The van der Waals surface area contributed by atoms with Crippen molar-refractivity contribution in [2.75, 3.05) is 14.2 Å². The minimum absolute atomic E-state index is 0.630. The Morgan fingerprint density at radius 1 is 1.26 bits per heavy atom. The molecular weight excluding hydrogens is 328 g/mol. The largest absolute Gasteiger partial charge is 0.493 e. The van der Waals surface area contributed by atoms with E-state index in [2.05, 4.69) is 31.6 Å². The molecule has 0 saturated carbocycles. The summed E-state index contributed by atoms with van der Waals surface area (Å²) < 4.78 is 11.7. The van der Waals surface area contributed by atoms with Gasteiger partial charge in [0.15, 0.2) is 11.5 Å². The van der Waals surface area contributed by atoms with Crippen LogP contribution >= 0.6 is 27.3 Å². The van der Waals surface area contributed by atoms with Crippen LogP contribution in [0, 0.1) is 0 Å². The van der Waals surface area contributed by atoms with Crippen molar-refractivity contribution in [2.45, 2.75) is 13.1 Å². The molecule has 0 aliphatic carbocycles. The van der Waals surface area contributed by atoms with Crippen molar-refractivity contribution in [1.29, 1.82) is 0 Å². The highest BCUT2D eigenvalue weighted by atomic mass is 79.9.